The first-order valence-electron chi connectivity index (χ1n) is 8.24. The summed E-state index contributed by atoms with van der Waals surface area (Å²) in [6.07, 6.45) is 4.00. The van der Waals surface area contributed by atoms with Crippen molar-refractivity contribution in [3.05, 3.63) is 36.3 Å². The Morgan fingerprint density at radius 3 is 2.82 bits per heavy atom. The van der Waals surface area contributed by atoms with Crippen LogP contribution < -0.4 is 10.1 Å². The maximum atomic E-state index is 6.57. The number of para-hydroxylation sites is 1. The molecule has 0 aliphatic carbocycles. The van der Waals surface area contributed by atoms with Crippen LogP contribution in [0.15, 0.2) is 30.6 Å². The van der Waals surface area contributed by atoms with Gasteiger partial charge in [-0.2, -0.15) is 0 Å². The number of imidazole rings is 1. The molecule has 1 aromatic heterocycles. The predicted octanol–water partition coefficient (Wildman–Crippen LogP) is 3.18. The molecule has 0 saturated carbocycles. The number of aromatic nitrogens is 2. The van der Waals surface area contributed by atoms with E-state index in [0.29, 0.717) is 5.92 Å². The van der Waals surface area contributed by atoms with Crippen LogP contribution in [0.3, 0.4) is 0 Å². The van der Waals surface area contributed by atoms with Gasteiger partial charge in [-0.25, -0.2) is 4.98 Å². The highest BCUT2D eigenvalue weighted by molar-refractivity contribution is 5.72. The molecule has 0 atom stereocenters. The molecular formula is C18H23N3O. The van der Waals surface area contributed by atoms with Gasteiger partial charge in [0.25, 0.3) is 0 Å². The minimum Gasteiger partial charge on any atom is -0.480 e. The Bertz CT molecular complexity index is 683. The van der Waals surface area contributed by atoms with E-state index in [4.69, 9.17) is 9.72 Å². The van der Waals surface area contributed by atoms with E-state index in [0.717, 1.165) is 49.5 Å². The maximum Gasteiger partial charge on any atom is 0.153 e. The summed E-state index contributed by atoms with van der Waals surface area (Å²) in [5.41, 5.74) is 3.30. The average molecular weight is 297 g/mol. The van der Waals surface area contributed by atoms with Crippen LogP contribution in [0, 0.1) is 5.92 Å². The van der Waals surface area contributed by atoms with E-state index in [1.54, 1.807) is 0 Å². The van der Waals surface area contributed by atoms with Crippen molar-refractivity contribution in [1.82, 2.24) is 14.9 Å². The fourth-order valence-electron chi connectivity index (χ4n) is 3.77. The van der Waals surface area contributed by atoms with Crippen molar-refractivity contribution in [2.75, 3.05) is 13.1 Å². The molecule has 2 aliphatic rings. The quantitative estimate of drug-likeness (QED) is 0.925. The number of nitrogens with one attached hydrogen (secondary N) is 1. The molecule has 1 N–H and O–H groups in total. The molecule has 1 spiro atoms. The van der Waals surface area contributed by atoms with E-state index < -0.39 is 0 Å². The number of ether oxygens (including phenoxy) is 1. The number of hydrogen-bond donors (Lipinski definition) is 1. The Hall–Kier alpha value is -1.81. The lowest BCUT2D eigenvalue weighted by Gasteiger charge is -2.42. The maximum absolute atomic E-state index is 6.57. The summed E-state index contributed by atoms with van der Waals surface area (Å²) in [5, 5.41) is 3.45. The lowest BCUT2D eigenvalue weighted by atomic mass is 9.83. The second-order valence-electron chi connectivity index (χ2n) is 6.83. The highest BCUT2D eigenvalue weighted by atomic mass is 16.5. The van der Waals surface area contributed by atoms with Crippen molar-refractivity contribution in [1.29, 1.82) is 0 Å². The predicted molar refractivity (Wildman–Crippen MR) is 86.9 cm³/mol. The number of nitrogens with zero attached hydrogens (tertiary/aromatic N) is 2. The van der Waals surface area contributed by atoms with Gasteiger partial charge in [-0.15, -0.1) is 0 Å². The van der Waals surface area contributed by atoms with Crippen molar-refractivity contribution < 1.29 is 4.74 Å². The van der Waals surface area contributed by atoms with Crippen LogP contribution in [0.1, 0.15) is 32.4 Å². The van der Waals surface area contributed by atoms with E-state index in [2.05, 4.69) is 41.9 Å². The zero-order valence-electron chi connectivity index (χ0n) is 13.3. The third-order valence-corrected chi connectivity index (χ3v) is 4.69. The minimum atomic E-state index is -0.222. The van der Waals surface area contributed by atoms with Crippen LogP contribution in [0.25, 0.3) is 11.3 Å². The van der Waals surface area contributed by atoms with Crippen LogP contribution in [0.5, 0.6) is 5.75 Å². The Morgan fingerprint density at radius 1 is 1.27 bits per heavy atom. The standard InChI is InChI=1S/C18H23N3O/c1-13(2)11-21-12-20-16-14-5-3-4-6-15(14)22-18(17(16)21)7-9-19-10-8-18/h3-6,12-13,19H,7-11H2,1-2H3. The van der Waals surface area contributed by atoms with Gasteiger partial charge in [-0.05, 0) is 31.1 Å². The zero-order chi connectivity index (χ0) is 15.2. The molecule has 116 valence electrons. The molecule has 0 unspecified atom stereocenters. The molecule has 2 aromatic rings. The van der Waals surface area contributed by atoms with E-state index >= 15 is 0 Å². The van der Waals surface area contributed by atoms with Gasteiger partial charge in [0.15, 0.2) is 5.60 Å². The van der Waals surface area contributed by atoms with E-state index in [1.807, 2.05) is 12.4 Å². The summed E-state index contributed by atoms with van der Waals surface area (Å²) < 4.78 is 8.89. The fourth-order valence-corrected chi connectivity index (χ4v) is 3.77. The second kappa shape index (κ2) is 5.13. The van der Waals surface area contributed by atoms with Crippen molar-refractivity contribution in [2.24, 2.45) is 5.92 Å². The normalized spacial score (nSPS) is 18.9. The summed E-state index contributed by atoms with van der Waals surface area (Å²) in [6, 6.07) is 8.30. The summed E-state index contributed by atoms with van der Waals surface area (Å²) in [7, 11) is 0. The van der Waals surface area contributed by atoms with Crippen molar-refractivity contribution in [2.45, 2.75) is 38.8 Å². The van der Waals surface area contributed by atoms with Gasteiger partial charge >= 0.3 is 0 Å². The Kier molecular flexibility index (Phi) is 3.22. The first-order chi connectivity index (χ1) is 10.7. The third kappa shape index (κ3) is 2.05. The lowest BCUT2D eigenvalue weighted by molar-refractivity contribution is 0.0226. The SMILES string of the molecule is CC(C)Cn1cnc2c1C1(CCNCC1)Oc1ccccc1-2. The van der Waals surface area contributed by atoms with Gasteiger partial charge in [0.2, 0.25) is 0 Å². The van der Waals surface area contributed by atoms with Crippen LogP contribution in [0.4, 0.5) is 0 Å². The minimum absolute atomic E-state index is 0.222. The topological polar surface area (TPSA) is 39.1 Å². The van der Waals surface area contributed by atoms with E-state index in [9.17, 15) is 0 Å². The molecule has 4 rings (SSSR count). The van der Waals surface area contributed by atoms with E-state index in [-0.39, 0.29) is 5.60 Å². The monoisotopic (exact) mass is 297 g/mol. The first-order valence-corrected chi connectivity index (χ1v) is 8.24. The highest BCUT2D eigenvalue weighted by Gasteiger charge is 2.45. The molecule has 0 bridgehead atoms. The molecule has 1 saturated heterocycles. The number of piperidine rings is 1. The lowest BCUT2D eigenvalue weighted by Crippen LogP contribution is -2.46. The van der Waals surface area contributed by atoms with Crippen LogP contribution >= 0.6 is 0 Å². The fraction of sp³-hybridized carbons (Fsp3) is 0.500. The van der Waals surface area contributed by atoms with Crippen LogP contribution in [-0.4, -0.2) is 22.6 Å². The van der Waals surface area contributed by atoms with Crippen molar-refractivity contribution >= 4 is 0 Å². The largest absolute Gasteiger partial charge is 0.480 e. The Morgan fingerprint density at radius 2 is 2.05 bits per heavy atom. The summed E-state index contributed by atoms with van der Waals surface area (Å²) >= 11 is 0. The molecule has 1 aromatic carbocycles. The molecule has 4 heteroatoms. The number of rotatable bonds is 2. The molecule has 1 fully saturated rings. The Labute approximate surface area is 131 Å². The third-order valence-electron chi connectivity index (χ3n) is 4.69. The zero-order valence-corrected chi connectivity index (χ0v) is 13.3. The first kappa shape index (κ1) is 13.8. The highest BCUT2D eigenvalue weighted by Crippen LogP contribution is 2.48. The number of hydrogen-bond acceptors (Lipinski definition) is 3. The Balaban J connectivity index is 1.90. The number of benzene rings is 1. The summed E-state index contributed by atoms with van der Waals surface area (Å²) in [4.78, 5) is 4.76. The van der Waals surface area contributed by atoms with Gasteiger partial charge in [0, 0.05) is 24.9 Å². The molecule has 4 nitrogen and oxygen atoms in total. The van der Waals surface area contributed by atoms with Gasteiger partial charge in [-0.3, -0.25) is 0 Å². The molecule has 0 radical (unpaired) electrons. The second-order valence-corrected chi connectivity index (χ2v) is 6.83. The van der Waals surface area contributed by atoms with Crippen molar-refractivity contribution in [3.63, 3.8) is 0 Å². The smallest absolute Gasteiger partial charge is 0.153 e. The van der Waals surface area contributed by atoms with Gasteiger partial charge in [0.05, 0.1) is 17.7 Å². The van der Waals surface area contributed by atoms with Gasteiger partial charge in [0.1, 0.15) is 5.75 Å². The molecule has 3 heterocycles. The molecular weight excluding hydrogens is 274 g/mol. The van der Waals surface area contributed by atoms with Gasteiger partial charge < -0.3 is 14.6 Å². The molecule has 0 amide bonds. The van der Waals surface area contributed by atoms with Gasteiger partial charge in [-0.1, -0.05) is 26.0 Å². The van der Waals surface area contributed by atoms with Crippen LogP contribution in [-0.2, 0) is 12.1 Å². The summed E-state index contributed by atoms with van der Waals surface area (Å²) in [5.74, 6) is 1.57. The summed E-state index contributed by atoms with van der Waals surface area (Å²) in [6.45, 7) is 7.48. The number of fused-ring (bicyclic) bond motifs is 4. The molecule has 22 heavy (non-hydrogen) atoms. The average Bonchev–Trinajstić information content (AvgIpc) is 2.93. The molecule has 2 aliphatic heterocycles. The van der Waals surface area contributed by atoms with Crippen molar-refractivity contribution in [3.8, 4) is 17.0 Å². The van der Waals surface area contributed by atoms with E-state index in [1.165, 1.54) is 5.69 Å². The van der Waals surface area contributed by atoms with Crippen LogP contribution in [0.2, 0.25) is 0 Å².